The van der Waals surface area contributed by atoms with Crippen LogP contribution >= 0.6 is 0 Å². The molecular formula is C10H12N2O3. The fraction of sp³-hybridized carbons (Fsp3) is 0.200. The molecule has 5 nitrogen and oxygen atoms in total. The molecule has 1 amide bonds. The first-order valence-electron chi connectivity index (χ1n) is 4.41. The van der Waals surface area contributed by atoms with E-state index < -0.39 is 18.0 Å². The third kappa shape index (κ3) is 3.68. The summed E-state index contributed by atoms with van der Waals surface area (Å²) in [6.07, 6.45) is -1.11. The van der Waals surface area contributed by atoms with Crippen molar-refractivity contribution >= 4 is 17.6 Å². The van der Waals surface area contributed by atoms with Crippen molar-refractivity contribution in [3.05, 3.63) is 30.3 Å². The number of rotatable bonds is 4. The summed E-state index contributed by atoms with van der Waals surface area (Å²) in [6, 6.07) is 8.80. The van der Waals surface area contributed by atoms with Crippen molar-refractivity contribution in [2.75, 3.05) is 5.32 Å². The van der Waals surface area contributed by atoms with Crippen LogP contribution in [-0.2, 0) is 9.59 Å². The molecule has 0 saturated carbocycles. The van der Waals surface area contributed by atoms with Gasteiger partial charge in [0.05, 0.1) is 0 Å². The van der Waals surface area contributed by atoms with Crippen molar-refractivity contribution < 1.29 is 14.7 Å². The zero-order valence-electron chi connectivity index (χ0n) is 8.23. The van der Waals surface area contributed by atoms with Gasteiger partial charge in [0.15, 0.2) is 6.17 Å². The minimum absolute atomic E-state index is 0.397. The fourth-order valence-corrected chi connectivity index (χ4v) is 1.06. The van der Waals surface area contributed by atoms with Crippen molar-refractivity contribution in [3.63, 3.8) is 0 Å². The molecule has 1 unspecified atom stereocenters. The number of carbonyl (C=O) groups excluding carboxylic acids is 1. The van der Waals surface area contributed by atoms with Gasteiger partial charge in [-0.15, -0.1) is 0 Å². The molecule has 0 heterocycles. The summed E-state index contributed by atoms with van der Waals surface area (Å²) in [7, 11) is 0. The van der Waals surface area contributed by atoms with E-state index in [0.717, 1.165) is 0 Å². The molecule has 1 aromatic carbocycles. The SMILES string of the molecule is CC(=O)NC(Nc1ccccc1)C(=O)O. The highest BCUT2D eigenvalue weighted by atomic mass is 16.4. The summed E-state index contributed by atoms with van der Waals surface area (Å²) in [5, 5.41) is 13.8. The second-order valence-electron chi connectivity index (χ2n) is 2.98. The normalized spacial score (nSPS) is 11.5. The van der Waals surface area contributed by atoms with E-state index in [4.69, 9.17) is 5.11 Å². The summed E-state index contributed by atoms with van der Waals surface area (Å²) in [6.45, 7) is 1.27. The molecule has 0 saturated heterocycles. The molecule has 0 aliphatic carbocycles. The monoisotopic (exact) mass is 208 g/mol. The van der Waals surface area contributed by atoms with Crippen molar-refractivity contribution in [3.8, 4) is 0 Å². The molecule has 0 aliphatic heterocycles. The number of aliphatic carboxylic acids is 1. The first-order valence-corrected chi connectivity index (χ1v) is 4.41. The quantitative estimate of drug-likeness (QED) is 0.635. The maximum atomic E-state index is 10.8. The van der Waals surface area contributed by atoms with Crippen LogP contribution < -0.4 is 10.6 Å². The van der Waals surface area contributed by atoms with E-state index in [2.05, 4.69) is 10.6 Å². The second kappa shape index (κ2) is 4.99. The number of hydrogen-bond donors (Lipinski definition) is 3. The van der Waals surface area contributed by atoms with Crippen molar-refractivity contribution in [1.29, 1.82) is 0 Å². The molecule has 1 aromatic rings. The van der Waals surface area contributed by atoms with Gasteiger partial charge >= 0.3 is 5.97 Å². The van der Waals surface area contributed by atoms with E-state index in [0.29, 0.717) is 5.69 Å². The van der Waals surface area contributed by atoms with E-state index in [1.54, 1.807) is 24.3 Å². The Kier molecular flexibility index (Phi) is 3.68. The summed E-state index contributed by atoms with van der Waals surface area (Å²) in [4.78, 5) is 21.5. The number of hydrogen-bond acceptors (Lipinski definition) is 3. The van der Waals surface area contributed by atoms with Crippen LogP contribution in [0.2, 0.25) is 0 Å². The number of para-hydroxylation sites is 1. The van der Waals surface area contributed by atoms with Crippen LogP contribution in [0.4, 0.5) is 5.69 Å². The topological polar surface area (TPSA) is 78.4 Å². The van der Waals surface area contributed by atoms with Crippen LogP contribution in [-0.4, -0.2) is 23.1 Å². The molecule has 0 aromatic heterocycles. The highest BCUT2D eigenvalue weighted by Crippen LogP contribution is 2.05. The standard InChI is InChI=1S/C10H12N2O3/c1-7(13)11-9(10(14)15)12-8-5-3-2-4-6-8/h2-6,9,12H,1H3,(H,11,13)(H,14,15). The molecular weight excluding hydrogens is 196 g/mol. The predicted octanol–water partition coefficient (Wildman–Crippen LogP) is 0.645. The van der Waals surface area contributed by atoms with Gasteiger partial charge in [-0.3, -0.25) is 4.79 Å². The Labute approximate surface area is 87.1 Å². The van der Waals surface area contributed by atoms with E-state index in [1.165, 1.54) is 6.92 Å². The van der Waals surface area contributed by atoms with Gasteiger partial charge in [0, 0.05) is 12.6 Å². The summed E-state index contributed by atoms with van der Waals surface area (Å²) >= 11 is 0. The Hall–Kier alpha value is -2.04. The molecule has 0 aliphatic rings. The average Bonchev–Trinajstić information content (AvgIpc) is 2.17. The molecule has 5 heteroatoms. The van der Waals surface area contributed by atoms with E-state index in [-0.39, 0.29) is 0 Å². The predicted molar refractivity (Wildman–Crippen MR) is 55.3 cm³/mol. The lowest BCUT2D eigenvalue weighted by molar-refractivity contribution is -0.140. The van der Waals surface area contributed by atoms with Gasteiger partial charge in [-0.2, -0.15) is 0 Å². The third-order valence-corrected chi connectivity index (χ3v) is 1.68. The van der Waals surface area contributed by atoms with Crippen LogP contribution in [0.3, 0.4) is 0 Å². The van der Waals surface area contributed by atoms with Gasteiger partial charge in [0.1, 0.15) is 0 Å². The number of carboxylic acid groups (broad SMARTS) is 1. The number of benzene rings is 1. The molecule has 0 bridgehead atoms. The van der Waals surface area contributed by atoms with Crippen LogP contribution in [0.15, 0.2) is 30.3 Å². The summed E-state index contributed by atoms with van der Waals surface area (Å²) in [5.41, 5.74) is 0.638. The van der Waals surface area contributed by atoms with E-state index >= 15 is 0 Å². The van der Waals surface area contributed by atoms with Gasteiger partial charge in [-0.05, 0) is 12.1 Å². The van der Waals surface area contributed by atoms with Crippen LogP contribution in [0.25, 0.3) is 0 Å². The van der Waals surface area contributed by atoms with Crippen molar-refractivity contribution in [1.82, 2.24) is 5.32 Å². The largest absolute Gasteiger partial charge is 0.478 e. The summed E-state index contributed by atoms with van der Waals surface area (Å²) in [5.74, 6) is -1.53. The van der Waals surface area contributed by atoms with Crippen LogP contribution in [0.1, 0.15) is 6.92 Å². The van der Waals surface area contributed by atoms with Crippen LogP contribution in [0, 0.1) is 0 Å². The van der Waals surface area contributed by atoms with Crippen molar-refractivity contribution in [2.45, 2.75) is 13.1 Å². The third-order valence-electron chi connectivity index (χ3n) is 1.68. The molecule has 80 valence electrons. The molecule has 3 N–H and O–H groups in total. The molecule has 1 atom stereocenters. The molecule has 1 rings (SSSR count). The Morgan fingerprint density at radius 1 is 1.27 bits per heavy atom. The molecule has 0 fully saturated rings. The maximum absolute atomic E-state index is 10.8. The fourth-order valence-electron chi connectivity index (χ4n) is 1.06. The number of anilines is 1. The van der Waals surface area contributed by atoms with Gasteiger partial charge in [-0.1, -0.05) is 18.2 Å². The Morgan fingerprint density at radius 3 is 2.33 bits per heavy atom. The molecule has 0 spiro atoms. The molecule has 0 radical (unpaired) electrons. The highest BCUT2D eigenvalue weighted by molar-refractivity contribution is 5.84. The van der Waals surface area contributed by atoms with Gasteiger partial charge in [0.25, 0.3) is 0 Å². The smallest absolute Gasteiger partial charge is 0.347 e. The highest BCUT2D eigenvalue weighted by Gasteiger charge is 2.17. The lowest BCUT2D eigenvalue weighted by Crippen LogP contribution is -2.45. The summed E-state index contributed by atoms with van der Waals surface area (Å²) < 4.78 is 0. The van der Waals surface area contributed by atoms with Gasteiger partial charge in [0.2, 0.25) is 5.91 Å². The number of carboxylic acids is 1. The Bertz CT molecular complexity index is 351. The lowest BCUT2D eigenvalue weighted by atomic mass is 10.3. The second-order valence-corrected chi connectivity index (χ2v) is 2.98. The van der Waals surface area contributed by atoms with E-state index in [1.807, 2.05) is 6.07 Å². The minimum Gasteiger partial charge on any atom is -0.478 e. The Balaban J connectivity index is 2.67. The number of carbonyl (C=O) groups is 2. The minimum atomic E-state index is -1.13. The van der Waals surface area contributed by atoms with Gasteiger partial charge < -0.3 is 15.7 Å². The first-order chi connectivity index (χ1) is 7.09. The maximum Gasteiger partial charge on any atom is 0.347 e. The average molecular weight is 208 g/mol. The number of amides is 1. The lowest BCUT2D eigenvalue weighted by Gasteiger charge is -2.15. The molecule has 15 heavy (non-hydrogen) atoms. The van der Waals surface area contributed by atoms with Crippen molar-refractivity contribution in [2.24, 2.45) is 0 Å². The van der Waals surface area contributed by atoms with Crippen LogP contribution in [0.5, 0.6) is 0 Å². The zero-order valence-corrected chi connectivity index (χ0v) is 8.23. The zero-order chi connectivity index (χ0) is 11.3. The van der Waals surface area contributed by atoms with E-state index in [9.17, 15) is 9.59 Å². The van der Waals surface area contributed by atoms with Gasteiger partial charge in [-0.25, -0.2) is 4.79 Å². The first kappa shape index (κ1) is 11.0. The Morgan fingerprint density at radius 2 is 1.87 bits per heavy atom. The number of nitrogens with one attached hydrogen (secondary N) is 2.